The van der Waals surface area contributed by atoms with Gasteiger partial charge in [0.2, 0.25) is 0 Å². The van der Waals surface area contributed by atoms with Crippen molar-refractivity contribution in [3.63, 3.8) is 0 Å². The first-order valence-electron chi connectivity index (χ1n) is 22.8. The molecule has 0 saturated carbocycles. The first kappa shape index (κ1) is 38.1. The van der Waals surface area contributed by atoms with E-state index in [1.54, 1.807) is 0 Å². The van der Waals surface area contributed by atoms with Crippen molar-refractivity contribution in [1.29, 1.82) is 0 Å². The van der Waals surface area contributed by atoms with Crippen LogP contribution in [-0.2, 0) is 5.41 Å². The van der Waals surface area contributed by atoms with Gasteiger partial charge < -0.3 is 13.9 Å². The van der Waals surface area contributed by atoms with Crippen LogP contribution in [0.15, 0.2) is 235 Å². The van der Waals surface area contributed by atoms with Crippen LogP contribution in [0.1, 0.15) is 25.0 Å². The molecule has 312 valence electrons. The quantitative estimate of drug-likeness (QED) is 0.159. The standard InChI is InChI=1S/C63H44N2O/c1-63(2)56-38-43(50-25-16-27-59-62(50)55-24-12-14-26-58(55)65(59)46-21-10-5-11-22-46)29-32-51(56)52-33-30-47(39-57(52)63)64(48-31-34-54-53-23-13-15-28-60(53)66-61(54)40-48)49-36-44(41-17-6-3-7-18-41)35-45(37-49)42-19-8-4-9-20-42/h3-40H,1-2H3. The Labute approximate surface area is 384 Å². The van der Waals surface area contributed by atoms with Crippen LogP contribution in [-0.4, -0.2) is 4.57 Å². The second-order valence-electron chi connectivity index (χ2n) is 18.1. The fraction of sp³-hybridized carbons (Fsp3) is 0.0476. The van der Waals surface area contributed by atoms with E-state index in [0.717, 1.165) is 55.8 Å². The number of aromatic nitrogens is 1. The van der Waals surface area contributed by atoms with Crippen LogP contribution >= 0.6 is 0 Å². The van der Waals surface area contributed by atoms with Crippen LogP contribution in [0.4, 0.5) is 17.1 Å². The Bertz CT molecular complexity index is 3780. The maximum Gasteiger partial charge on any atom is 0.137 e. The van der Waals surface area contributed by atoms with Crippen molar-refractivity contribution in [2.75, 3.05) is 4.90 Å². The fourth-order valence-electron chi connectivity index (χ4n) is 10.8. The number of benzene rings is 10. The zero-order valence-electron chi connectivity index (χ0n) is 36.7. The molecular weight excluding hydrogens is 801 g/mol. The predicted molar refractivity (Wildman–Crippen MR) is 277 cm³/mol. The Hall–Kier alpha value is -8.40. The third-order valence-electron chi connectivity index (χ3n) is 14.0. The molecule has 3 heteroatoms. The topological polar surface area (TPSA) is 21.3 Å². The molecule has 0 aliphatic heterocycles. The summed E-state index contributed by atoms with van der Waals surface area (Å²) < 4.78 is 8.95. The number of furan rings is 1. The smallest absolute Gasteiger partial charge is 0.137 e. The van der Waals surface area contributed by atoms with E-state index in [1.165, 1.54) is 66.3 Å². The van der Waals surface area contributed by atoms with Crippen LogP contribution in [0.25, 0.3) is 93.9 Å². The highest BCUT2D eigenvalue weighted by Gasteiger charge is 2.37. The highest BCUT2D eigenvalue weighted by molar-refractivity contribution is 6.16. The lowest BCUT2D eigenvalue weighted by Gasteiger charge is -2.29. The van der Waals surface area contributed by atoms with Gasteiger partial charge in [0.05, 0.1) is 11.0 Å². The Morgan fingerprint density at radius 3 is 1.68 bits per heavy atom. The molecule has 1 aliphatic carbocycles. The minimum absolute atomic E-state index is 0.280. The van der Waals surface area contributed by atoms with E-state index >= 15 is 0 Å². The maximum atomic E-state index is 6.54. The van der Waals surface area contributed by atoms with Gasteiger partial charge in [-0.05, 0) is 134 Å². The van der Waals surface area contributed by atoms with Crippen molar-refractivity contribution < 1.29 is 4.42 Å². The largest absolute Gasteiger partial charge is 0.456 e. The number of hydrogen-bond donors (Lipinski definition) is 0. The third-order valence-corrected chi connectivity index (χ3v) is 14.0. The highest BCUT2D eigenvalue weighted by Crippen LogP contribution is 2.53. The average molecular weight is 845 g/mol. The number of hydrogen-bond acceptors (Lipinski definition) is 2. The zero-order chi connectivity index (χ0) is 43.9. The van der Waals surface area contributed by atoms with E-state index < -0.39 is 0 Å². The molecule has 0 N–H and O–H groups in total. The van der Waals surface area contributed by atoms with Gasteiger partial charge in [-0.25, -0.2) is 0 Å². The van der Waals surface area contributed by atoms with Gasteiger partial charge in [-0.2, -0.15) is 0 Å². The van der Waals surface area contributed by atoms with Gasteiger partial charge in [0.25, 0.3) is 0 Å². The number of nitrogens with zero attached hydrogens (tertiary/aromatic N) is 2. The summed E-state index contributed by atoms with van der Waals surface area (Å²) in [6.45, 7) is 4.78. The van der Waals surface area contributed by atoms with Crippen LogP contribution in [0.5, 0.6) is 0 Å². The van der Waals surface area contributed by atoms with Gasteiger partial charge in [-0.1, -0.05) is 159 Å². The summed E-state index contributed by atoms with van der Waals surface area (Å²) >= 11 is 0. The summed E-state index contributed by atoms with van der Waals surface area (Å²) in [6.07, 6.45) is 0. The van der Waals surface area contributed by atoms with Gasteiger partial charge in [-0.3, -0.25) is 0 Å². The number of rotatable bonds is 7. The van der Waals surface area contributed by atoms with E-state index in [-0.39, 0.29) is 5.41 Å². The molecule has 0 radical (unpaired) electrons. The summed E-state index contributed by atoms with van der Waals surface area (Å²) in [7, 11) is 0. The number of fused-ring (bicyclic) bond motifs is 9. The Morgan fingerprint density at radius 1 is 0.364 bits per heavy atom. The average Bonchev–Trinajstić information content (AvgIpc) is 3.99. The van der Waals surface area contributed by atoms with Crippen molar-refractivity contribution in [2.45, 2.75) is 19.3 Å². The van der Waals surface area contributed by atoms with E-state index in [0.29, 0.717) is 0 Å². The zero-order valence-corrected chi connectivity index (χ0v) is 36.7. The lowest BCUT2D eigenvalue weighted by Crippen LogP contribution is -2.16. The van der Waals surface area contributed by atoms with Gasteiger partial charge in [0.15, 0.2) is 0 Å². The highest BCUT2D eigenvalue weighted by atomic mass is 16.3. The Balaban J connectivity index is 0.977. The monoisotopic (exact) mass is 844 g/mol. The van der Waals surface area contributed by atoms with E-state index in [9.17, 15) is 0 Å². The Morgan fingerprint density at radius 2 is 0.939 bits per heavy atom. The minimum Gasteiger partial charge on any atom is -0.456 e. The van der Waals surface area contributed by atoms with Gasteiger partial charge >= 0.3 is 0 Å². The predicted octanol–water partition coefficient (Wildman–Crippen LogP) is 17.5. The van der Waals surface area contributed by atoms with Crippen molar-refractivity contribution in [3.8, 4) is 50.2 Å². The first-order valence-corrected chi connectivity index (χ1v) is 22.8. The first-order chi connectivity index (χ1) is 32.5. The minimum atomic E-state index is -0.280. The third kappa shape index (κ3) is 5.97. The molecule has 1 aliphatic rings. The summed E-state index contributed by atoms with van der Waals surface area (Å²) in [4.78, 5) is 2.42. The molecule has 13 rings (SSSR count). The molecule has 66 heavy (non-hydrogen) atoms. The molecular formula is C63H44N2O. The van der Waals surface area contributed by atoms with Crippen LogP contribution in [0, 0.1) is 0 Å². The van der Waals surface area contributed by atoms with Crippen molar-refractivity contribution in [2.24, 2.45) is 0 Å². The molecule has 0 spiro atoms. The molecule has 12 aromatic rings. The van der Waals surface area contributed by atoms with Gasteiger partial charge in [0.1, 0.15) is 11.2 Å². The molecule has 0 unspecified atom stereocenters. The van der Waals surface area contributed by atoms with E-state index in [1.807, 2.05) is 6.07 Å². The van der Waals surface area contributed by atoms with Crippen molar-refractivity contribution >= 4 is 60.8 Å². The second-order valence-corrected chi connectivity index (χ2v) is 18.1. The lowest BCUT2D eigenvalue weighted by atomic mass is 9.81. The van der Waals surface area contributed by atoms with Gasteiger partial charge in [-0.15, -0.1) is 0 Å². The molecule has 0 saturated heterocycles. The number of para-hydroxylation sites is 3. The molecule has 2 heterocycles. The van der Waals surface area contributed by atoms with Crippen molar-refractivity contribution in [1.82, 2.24) is 4.57 Å². The maximum absolute atomic E-state index is 6.54. The molecule has 3 nitrogen and oxygen atoms in total. The van der Waals surface area contributed by atoms with E-state index in [2.05, 4.69) is 248 Å². The van der Waals surface area contributed by atoms with Crippen LogP contribution in [0.3, 0.4) is 0 Å². The SMILES string of the molecule is CC1(C)c2cc(-c3cccc4c3c3ccccc3n4-c3ccccc3)ccc2-c2ccc(N(c3cc(-c4ccccc4)cc(-c4ccccc4)c3)c3ccc4c(c3)oc3ccccc34)cc21. The summed E-state index contributed by atoms with van der Waals surface area (Å²) in [5.41, 5.74) is 20.6. The summed E-state index contributed by atoms with van der Waals surface area (Å²) in [5, 5.41) is 4.76. The van der Waals surface area contributed by atoms with Crippen LogP contribution < -0.4 is 4.90 Å². The lowest BCUT2D eigenvalue weighted by molar-refractivity contribution is 0.660. The molecule has 0 bridgehead atoms. The van der Waals surface area contributed by atoms with Gasteiger partial charge in [0, 0.05) is 55.8 Å². The van der Waals surface area contributed by atoms with Crippen LogP contribution in [0.2, 0.25) is 0 Å². The molecule has 0 amide bonds. The molecule has 10 aromatic carbocycles. The molecule has 0 atom stereocenters. The second kappa shape index (κ2) is 14.8. The molecule has 0 fully saturated rings. The Kier molecular flexibility index (Phi) is 8.56. The summed E-state index contributed by atoms with van der Waals surface area (Å²) in [6, 6.07) is 83.9. The normalized spacial score (nSPS) is 12.8. The number of anilines is 3. The van der Waals surface area contributed by atoms with E-state index in [4.69, 9.17) is 4.42 Å². The van der Waals surface area contributed by atoms with Crippen molar-refractivity contribution in [3.05, 3.63) is 242 Å². The fourth-order valence-corrected chi connectivity index (χ4v) is 10.8. The molecule has 2 aromatic heterocycles. The summed E-state index contributed by atoms with van der Waals surface area (Å²) in [5.74, 6) is 0.